The number of carbonyl (C=O) groups excluding carboxylic acids is 1. The zero-order chi connectivity index (χ0) is 16.1. The van der Waals surface area contributed by atoms with Gasteiger partial charge in [0.05, 0.1) is 19.4 Å². The van der Waals surface area contributed by atoms with E-state index in [4.69, 9.17) is 9.47 Å². The Morgan fingerprint density at radius 1 is 1.13 bits per heavy atom. The van der Waals surface area contributed by atoms with Gasteiger partial charge in [0, 0.05) is 22.0 Å². The number of rotatable bonds is 3. The Morgan fingerprint density at radius 3 is 2.74 bits per heavy atom. The Bertz CT molecular complexity index is 746. The highest BCUT2D eigenvalue weighted by molar-refractivity contribution is 9.10. The van der Waals surface area contributed by atoms with Gasteiger partial charge in [-0.25, -0.2) is 5.43 Å². The van der Waals surface area contributed by atoms with Gasteiger partial charge in [0.2, 0.25) is 0 Å². The Balaban J connectivity index is 1.69. The van der Waals surface area contributed by atoms with Crippen LogP contribution in [0, 0.1) is 0 Å². The zero-order valence-corrected chi connectivity index (χ0v) is 13.9. The number of benzene rings is 2. The highest BCUT2D eigenvalue weighted by Gasteiger charge is 2.13. The molecule has 0 saturated carbocycles. The largest absolute Gasteiger partial charge is 0.490 e. The molecular weight excluding hydrogens is 360 g/mol. The second kappa shape index (κ2) is 7.28. The van der Waals surface area contributed by atoms with E-state index in [2.05, 4.69) is 26.5 Å². The van der Waals surface area contributed by atoms with Gasteiger partial charge >= 0.3 is 0 Å². The van der Waals surface area contributed by atoms with Gasteiger partial charge in [0.25, 0.3) is 5.91 Å². The molecular formula is C17H15BrN2O3. The number of nitrogens with zero attached hydrogens (tertiary/aromatic N) is 1. The molecule has 0 aromatic heterocycles. The van der Waals surface area contributed by atoms with E-state index in [-0.39, 0.29) is 5.91 Å². The third-order valence-electron chi connectivity index (χ3n) is 3.28. The van der Waals surface area contributed by atoms with E-state index in [0.29, 0.717) is 30.3 Å². The number of fused-ring (bicyclic) bond motifs is 1. The molecule has 1 amide bonds. The number of hydrogen-bond acceptors (Lipinski definition) is 4. The van der Waals surface area contributed by atoms with Crippen LogP contribution in [0.3, 0.4) is 0 Å². The first-order valence-electron chi connectivity index (χ1n) is 7.21. The van der Waals surface area contributed by atoms with E-state index in [1.54, 1.807) is 24.4 Å². The number of nitrogens with one attached hydrogen (secondary N) is 1. The lowest BCUT2D eigenvalue weighted by Gasteiger charge is -2.08. The molecule has 0 fully saturated rings. The smallest absolute Gasteiger partial charge is 0.271 e. The quantitative estimate of drug-likeness (QED) is 0.661. The van der Waals surface area contributed by atoms with Crippen molar-refractivity contribution in [1.29, 1.82) is 0 Å². The van der Waals surface area contributed by atoms with Gasteiger partial charge in [-0.2, -0.15) is 5.10 Å². The Kier molecular flexibility index (Phi) is 4.92. The first-order chi connectivity index (χ1) is 11.2. The predicted octanol–water partition coefficient (Wildman–Crippen LogP) is 3.37. The molecule has 0 aliphatic carbocycles. The lowest BCUT2D eigenvalue weighted by molar-refractivity contribution is 0.0954. The summed E-state index contributed by atoms with van der Waals surface area (Å²) in [6, 6.07) is 12.7. The minimum absolute atomic E-state index is 0.302. The second-order valence-corrected chi connectivity index (χ2v) is 5.79. The van der Waals surface area contributed by atoms with Crippen molar-refractivity contribution in [2.45, 2.75) is 6.42 Å². The molecule has 0 bridgehead atoms. The van der Waals surface area contributed by atoms with Crippen molar-refractivity contribution >= 4 is 28.1 Å². The van der Waals surface area contributed by atoms with Crippen LogP contribution in [0.2, 0.25) is 0 Å². The molecule has 1 aliphatic rings. The van der Waals surface area contributed by atoms with E-state index in [0.717, 1.165) is 16.5 Å². The van der Waals surface area contributed by atoms with Crippen molar-refractivity contribution in [2.75, 3.05) is 13.2 Å². The van der Waals surface area contributed by atoms with E-state index in [9.17, 15) is 4.79 Å². The van der Waals surface area contributed by atoms with Crippen LogP contribution in [0.5, 0.6) is 11.5 Å². The van der Waals surface area contributed by atoms with Crippen LogP contribution in [0.25, 0.3) is 0 Å². The van der Waals surface area contributed by atoms with E-state index >= 15 is 0 Å². The molecule has 1 aliphatic heterocycles. The molecule has 0 radical (unpaired) electrons. The Hall–Kier alpha value is -2.34. The number of hydrazone groups is 1. The normalized spacial score (nSPS) is 13.6. The van der Waals surface area contributed by atoms with Gasteiger partial charge in [0.15, 0.2) is 11.5 Å². The molecule has 23 heavy (non-hydrogen) atoms. The maximum Gasteiger partial charge on any atom is 0.271 e. The van der Waals surface area contributed by atoms with Crippen LogP contribution in [0.4, 0.5) is 0 Å². The van der Waals surface area contributed by atoms with Crippen LogP contribution < -0.4 is 14.9 Å². The fourth-order valence-electron chi connectivity index (χ4n) is 2.11. The Morgan fingerprint density at radius 2 is 1.91 bits per heavy atom. The predicted molar refractivity (Wildman–Crippen MR) is 91.3 cm³/mol. The van der Waals surface area contributed by atoms with Gasteiger partial charge in [-0.3, -0.25) is 4.79 Å². The van der Waals surface area contributed by atoms with Crippen LogP contribution in [0.15, 0.2) is 52.0 Å². The van der Waals surface area contributed by atoms with E-state index < -0.39 is 0 Å². The second-order valence-electron chi connectivity index (χ2n) is 4.93. The lowest BCUT2D eigenvalue weighted by atomic mass is 10.2. The van der Waals surface area contributed by atoms with Crippen molar-refractivity contribution in [3.05, 3.63) is 58.1 Å². The maximum atomic E-state index is 12.2. The number of hydrogen-bond donors (Lipinski definition) is 1. The average molecular weight is 375 g/mol. The number of ether oxygens (including phenoxy) is 2. The summed E-state index contributed by atoms with van der Waals surface area (Å²) in [4.78, 5) is 12.2. The topological polar surface area (TPSA) is 59.9 Å². The summed E-state index contributed by atoms with van der Waals surface area (Å²) in [5.74, 6) is 0.949. The minimum atomic E-state index is -0.302. The molecule has 0 spiro atoms. The zero-order valence-electron chi connectivity index (χ0n) is 12.3. The first kappa shape index (κ1) is 15.6. The van der Waals surface area contributed by atoms with Crippen molar-refractivity contribution in [3.8, 4) is 11.5 Å². The van der Waals surface area contributed by atoms with Gasteiger partial charge in [-0.05, 0) is 24.3 Å². The third-order valence-corrected chi connectivity index (χ3v) is 4.01. The summed E-state index contributed by atoms with van der Waals surface area (Å²) in [5, 5.41) is 3.98. The molecule has 3 rings (SSSR count). The van der Waals surface area contributed by atoms with E-state index in [1.807, 2.05) is 24.3 Å². The third kappa shape index (κ3) is 3.90. The van der Waals surface area contributed by atoms with Gasteiger partial charge in [0.1, 0.15) is 0 Å². The monoisotopic (exact) mass is 374 g/mol. The van der Waals surface area contributed by atoms with Gasteiger partial charge < -0.3 is 9.47 Å². The van der Waals surface area contributed by atoms with Crippen LogP contribution in [-0.4, -0.2) is 25.3 Å². The molecule has 0 atom stereocenters. The fourth-order valence-corrected chi connectivity index (χ4v) is 2.50. The van der Waals surface area contributed by atoms with E-state index in [1.165, 1.54) is 0 Å². The molecule has 5 nitrogen and oxygen atoms in total. The lowest BCUT2D eigenvalue weighted by Crippen LogP contribution is -2.17. The standard InChI is InChI=1S/C17H15BrN2O3/c18-14-5-2-1-4-13(14)11-19-20-17(21)12-6-7-15-16(10-12)23-9-3-8-22-15/h1-2,4-7,10-11H,3,8-9H2,(H,20,21)/b19-11+. The van der Waals surface area contributed by atoms with Crippen molar-refractivity contribution in [3.63, 3.8) is 0 Å². The van der Waals surface area contributed by atoms with Crippen LogP contribution in [-0.2, 0) is 0 Å². The van der Waals surface area contributed by atoms with Crippen molar-refractivity contribution < 1.29 is 14.3 Å². The summed E-state index contributed by atoms with van der Waals surface area (Å²) >= 11 is 3.42. The summed E-state index contributed by atoms with van der Waals surface area (Å²) < 4.78 is 12.0. The highest BCUT2D eigenvalue weighted by atomic mass is 79.9. The first-order valence-corrected chi connectivity index (χ1v) is 8.01. The number of amides is 1. The minimum Gasteiger partial charge on any atom is -0.490 e. The molecule has 2 aromatic carbocycles. The van der Waals surface area contributed by atoms with Gasteiger partial charge in [-0.1, -0.05) is 34.1 Å². The molecule has 0 saturated heterocycles. The maximum absolute atomic E-state index is 12.2. The summed E-state index contributed by atoms with van der Waals surface area (Å²) in [7, 11) is 0. The molecule has 1 N–H and O–H groups in total. The summed E-state index contributed by atoms with van der Waals surface area (Å²) in [6.45, 7) is 1.20. The summed E-state index contributed by atoms with van der Waals surface area (Å²) in [6.07, 6.45) is 2.41. The van der Waals surface area contributed by atoms with Crippen LogP contribution in [0.1, 0.15) is 22.3 Å². The molecule has 1 heterocycles. The molecule has 118 valence electrons. The SMILES string of the molecule is O=C(N/N=C/c1ccccc1Br)c1ccc2c(c1)OCCCO2. The average Bonchev–Trinajstić information content (AvgIpc) is 2.81. The fraction of sp³-hybridized carbons (Fsp3) is 0.176. The molecule has 0 unspecified atom stereocenters. The summed E-state index contributed by atoms with van der Waals surface area (Å²) in [5.41, 5.74) is 3.86. The van der Waals surface area contributed by atoms with Crippen molar-refractivity contribution in [2.24, 2.45) is 5.10 Å². The van der Waals surface area contributed by atoms with Crippen molar-refractivity contribution in [1.82, 2.24) is 5.43 Å². The Labute approximate surface area is 142 Å². The number of carbonyl (C=O) groups is 1. The van der Waals surface area contributed by atoms with Gasteiger partial charge in [-0.15, -0.1) is 0 Å². The van der Waals surface area contributed by atoms with Crippen LogP contribution >= 0.6 is 15.9 Å². The number of halogens is 1. The highest BCUT2D eigenvalue weighted by Crippen LogP contribution is 2.30. The molecule has 2 aromatic rings. The molecule has 6 heteroatoms.